The molecule has 2 nitrogen and oxygen atoms in total. The quantitative estimate of drug-likeness (QED) is 0.737. The molecule has 0 amide bonds. The molecule has 2 aliphatic carbocycles. The molecule has 92 valence electrons. The van der Waals surface area contributed by atoms with Gasteiger partial charge in [0.15, 0.2) is 0 Å². The Labute approximate surface area is 99.0 Å². The van der Waals surface area contributed by atoms with Gasteiger partial charge < -0.3 is 5.11 Å². The van der Waals surface area contributed by atoms with E-state index in [9.17, 15) is 5.11 Å². The highest BCUT2D eigenvalue weighted by Crippen LogP contribution is 2.40. The molecule has 0 bridgehead atoms. The topological polar surface area (TPSA) is 23.5 Å². The minimum atomic E-state index is -0.0463. The minimum Gasteiger partial charge on any atom is -0.391 e. The van der Waals surface area contributed by atoms with Crippen LogP contribution in [0.4, 0.5) is 0 Å². The summed E-state index contributed by atoms with van der Waals surface area (Å²) in [6.07, 6.45) is 7.76. The molecule has 0 aromatic rings. The van der Waals surface area contributed by atoms with Crippen molar-refractivity contribution in [1.29, 1.82) is 0 Å². The molecule has 0 aromatic heterocycles. The van der Waals surface area contributed by atoms with Crippen molar-refractivity contribution in [1.82, 2.24) is 4.90 Å². The van der Waals surface area contributed by atoms with Crippen molar-refractivity contribution in [3.63, 3.8) is 0 Å². The fourth-order valence-corrected chi connectivity index (χ4v) is 4.27. The fraction of sp³-hybridized carbons (Fsp3) is 1.00. The highest BCUT2D eigenvalue weighted by molar-refractivity contribution is 4.94. The van der Waals surface area contributed by atoms with Gasteiger partial charge in [-0.1, -0.05) is 13.3 Å². The van der Waals surface area contributed by atoms with Crippen molar-refractivity contribution in [3.8, 4) is 0 Å². The maximum absolute atomic E-state index is 10.2. The van der Waals surface area contributed by atoms with Crippen LogP contribution in [0.3, 0.4) is 0 Å². The Balaban J connectivity index is 1.64. The second-order valence-corrected chi connectivity index (χ2v) is 6.46. The van der Waals surface area contributed by atoms with Crippen LogP contribution in [0.25, 0.3) is 0 Å². The van der Waals surface area contributed by atoms with Gasteiger partial charge in [0.05, 0.1) is 6.10 Å². The number of hydrogen-bond acceptors (Lipinski definition) is 2. The van der Waals surface area contributed by atoms with Crippen LogP contribution in [-0.2, 0) is 0 Å². The molecule has 1 N–H and O–H groups in total. The number of rotatable bonds is 1. The maximum Gasteiger partial charge on any atom is 0.0695 e. The number of aliphatic hydroxyl groups is 1. The molecule has 5 atom stereocenters. The molecule has 3 aliphatic rings. The molecule has 0 aromatic carbocycles. The molecule has 1 aliphatic heterocycles. The molecule has 3 fully saturated rings. The molecular formula is C14H25NO. The third kappa shape index (κ3) is 1.91. The van der Waals surface area contributed by atoms with E-state index < -0.39 is 0 Å². The SMILES string of the molecule is CC1CCC(O)C(N2CC3CCCC3C2)C1. The zero-order valence-electron chi connectivity index (χ0n) is 10.4. The van der Waals surface area contributed by atoms with Crippen molar-refractivity contribution in [3.05, 3.63) is 0 Å². The van der Waals surface area contributed by atoms with Gasteiger partial charge in [0.25, 0.3) is 0 Å². The first-order chi connectivity index (χ1) is 7.74. The predicted octanol–water partition coefficient (Wildman–Crippen LogP) is 2.27. The van der Waals surface area contributed by atoms with Crippen molar-refractivity contribution in [2.75, 3.05) is 13.1 Å². The molecule has 2 saturated carbocycles. The monoisotopic (exact) mass is 223 g/mol. The molecular weight excluding hydrogens is 198 g/mol. The van der Waals surface area contributed by atoms with Gasteiger partial charge in [0, 0.05) is 19.1 Å². The zero-order chi connectivity index (χ0) is 11.1. The van der Waals surface area contributed by atoms with Crippen LogP contribution in [0.1, 0.15) is 45.4 Å². The Morgan fingerprint density at radius 1 is 1.00 bits per heavy atom. The summed E-state index contributed by atoms with van der Waals surface area (Å²) in [7, 11) is 0. The van der Waals surface area contributed by atoms with E-state index in [1.165, 1.54) is 45.2 Å². The van der Waals surface area contributed by atoms with Gasteiger partial charge in [0.1, 0.15) is 0 Å². The van der Waals surface area contributed by atoms with Crippen LogP contribution in [0.2, 0.25) is 0 Å². The largest absolute Gasteiger partial charge is 0.391 e. The number of fused-ring (bicyclic) bond motifs is 1. The Hall–Kier alpha value is -0.0800. The van der Waals surface area contributed by atoms with Crippen LogP contribution in [0, 0.1) is 17.8 Å². The summed E-state index contributed by atoms with van der Waals surface area (Å²) >= 11 is 0. The third-order valence-corrected chi connectivity index (χ3v) is 5.27. The molecule has 5 unspecified atom stereocenters. The smallest absolute Gasteiger partial charge is 0.0695 e. The van der Waals surface area contributed by atoms with Crippen LogP contribution < -0.4 is 0 Å². The van der Waals surface area contributed by atoms with Crippen molar-refractivity contribution in [2.24, 2.45) is 17.8 Å². The van der Waals surface area contributed by atoms with Crippen LogP contribution >= 0.6 is 0 Å². The van der Waals surface area contributed by atoms with E-state index >= 15 is 0 Å². The normalized spacial score (nSPS) is 49.5. The summed E-state index contributed by atoms with van der Waals surface area (Å²) in [4.78, 5) is 2.62. The van der Waals surface area contributed by atoms with E-state index in [0.29, 0.717) is 6.04 Å². The Morgan fingerprint density at radius 3 is 2.38 bits per heavy atom. The van der Waals surface area contributed by atoms with Gasteiger partial charge in [-0.3, -0.25) is 4.90 Å². The van der Waals surface area contributed by atoms with E-state index in [4.69, 9.17) is 0 Å². The van der Waals surface area contributed by atoms with Crippen LogP contribution in [-0.4, -0.2) is 35.2 Å². The highest BCUT2D eigenvalue weighted by Gasteiger charge is 2.41. The Bertz CT molecular complexity index is 243. The third-order valence-electron chi connectivity index (χ3n) is 5.27. The van der Waals surface area contributed by atoms with Gasteiger partial charge in [0.2, 0.25) is 0 Å². The summed E-state index contributed by atoms with van der Waals surface area (Å²) in [6, 6.07) is 0.481. The first-order valence-corrected chi connectivity index (χ1v) is 7.16. The lowest BCUT2D eigenvalue weighted by Crippen LogP contribution is -2.46. The average Bonchev–Trinajstić information content (AvgIpc) is 2.81. The van der Waals surface area contributed by atoms with Crippen molar-refractivity contribution < 1.29 is 5.11 Å². The number of nitrogens with zero attached hydrogens (tertiary/aromatic N) is 1. The molecule has 1 saturated heterocycles. The maximum atomic E-state index is 10.2. The number of aliphatic hydroxyl groups excluding tert-OH is 1. The first-order valence-electron chi connectivity index (χ1n) is 7.16. The number of hydrogen-bond donors (Lipinski definition) is 1. The summed E-state index contributed by atoms with van der Waals surface area (Å²) in [5, 5.41) is 10.2. The van der Waals surface area contributed by atoms with E-state index in [1.54, 1.807) is 0 Å². The molecule has 16 heavy (non-hydrogen) atoms. The van der Waals surface area contributed by atoms with Gasteiger partial charge in [-0.15, -0.1) is 0 Å². The average molecular weight is 223 g/mol. The lowest BCUT2D eigenvalue weighted by molar-refractivity contribution is 0.0128. The molecule has 2 heteroatoms. The van der Waals surface area contributed by atoms with E-state index in [0.717, 1.165) is 24.2 Å². The molecule has 0 spiro atoms. The van der Waals surface area contributed by atoms with E-state index in [2.05, 4.69) is 11.8 Å². The predicted molar refractivity (Wildman–Crippen MR) is 65.2 cm³/mol. The van der Waals surface area contributed by atoms with Gasteiger partial charge in [-0.25, -0.2) is 0 Å². The van der Waals surface area contributed by atoms with E-state index in [1.807, 2.05) is 0 Å². The molecule has 0 radical (unpaired) electrons. The Morgan fingerprint density at radius 2 is 1.69 bits per heavy atom. The van der Waals surface area contributed by atoms with Crippen molar-refractivity contribution >= 4 is 0 Å². The highest BCUT2D eigenvalue weighted by atomic mass is 16.3. The first kappa shape index (κ1) is 11.0. The summed E-state index contributed by atoms with van der Waals surface area (Å²) < 4.78 is 0. The lowest BCUT2D eigenvalue weighted by Gasteiger charge is -2.38. The Kier molecular flexibility index (Phi) is 2.97. The second-order valence-electron chi connectivity index (χ2n) is 6.46. The lowest BCUT2D eigenvalue weighted by atomic mass is 9.84. The molecule has 3 rings (SSSR count). The van der Waals surface area contributed by atoms with E-state index in [-0.39, 0.29) is 6.10 Å². The van der Waals surface area contributed by atoms with Crippen molar-refractivity contribution in [2.45, 2.75) is 57.6 Å². The molecule has 1 heterocycles. The summed E-state index contributed by atoms with van der Waals surface area (Å²) in [5.74, 6) is 2.74. The zero-order valence-corrected chi connectivity index (χ0v) is 10.4. The summed E-state index contributed by atoms with van der Waals surface area (Å²) in [5.41, 5.74) is 0. The fourth-order valence-electron chi connectivity index (χ4n) is 4.27. The van der Waals surface area contributed by atoms with Gasteiger partial charge in [-0.2, -0.15) is 0 Å². The second kappa shape index (κ2) is 4.30. The van der Waals surface area contributed by atoms with Gasteiger partial charge in [-0.05, 0) is 49.9 Å². The standard InChI is InChI=1S/C14H25NO/c1-10-5-6-14(16)13(7-10)15-8-11-3-2-4-12(11)9-15/h10-14,16H,2-9H2,1H3. The van der Waals surface area contributed by atoms with Gasteiger partial charge >= 0.3 is 0 Å². The number of likely N-dealkylation sites (tertiary alicyclic amines) is 1. The van der Waals surface area contributed by atoms with Crippen LogP contribution in [0.15, 0.2) is 0 Å². The van der Waals surface area contributed by atoms with Crippen LogP contribution in [0.5, 0.6) is 0 Å². The minimum absolute atomic E-state index is 0.0463. The summed E-state index contributed by atoms with van der Waals surface area (Å²) in [6.45, 7) is 4.90.